The van der Waals surface area contributed by atoms with Crippen molar-refractivity contribution < 1.29 is 22.0 Å². The summed E-state index contributed by atoms with van der Waals surface area (Å²) in [5.74, 6) is -3.15. The third-order valence-corrected chi connectivity index (χ3v) is 7.37. The minimum absolute atomic E-state index is 0.0271. The lowest BCUT2D eigenvalue weighted by atomic mass is 9.99. The standard InChI is InChI=1S/C26H21F2N5O3S/c1-2-9-37(35,36)33-21-7-5-19(27)23(24(21)28)25(34)14-3-6-20-17(10-14)18-11-16(13-31-26(18)32-20)15-4-8-22(29)30-12-15/h3-8,10-13,33H,2,9H2,1H3,(H2,29,30)(H,31,32). The molecular formula is C26H21F2N5O3S. The Balaban J connectivity index is 1.58. The molecule has 0 aliphatic carbocycles. The van der Waals surface area contributed by atoms with Gasteiger partial charge in [-0.15, -0.1) is 0 Å². The molecule has 37 heavy (non-hydrogen) atoms. The predicted molar refractivity (Wildman–Crippen MR) is 139 cm³/mol. The molecule has 5 rings (SSSR count). The highest BCUT2D eigenvalue weighted by Gasteiger charge is 2.24. The number of hydrogen-bond donors (Lipinski definition) is 3. The number of nitrogens with one attached hydrogen (secondary N) is 2. The first-order valence-electron chi connectivity index (χ1n) is 11.3. The van der Waals surface area contributed by atoms with Gasteiger partial charge in [0.1, 0.15) is 17.3 Å². The van der Waals surface area contributed by atoms with E-state index in [0.717, 1.165) is 23.3 Å². The van der Waals surface area contributed by atoms with Crippen molar-refractivity contribution in [3.63, 3.8) is 0 Å². The number of halogens is 2. The van der Waals surface area contributed by atoms with Gasteiger partial charge in [0.05, 0.1) is 17.0 Å². The van der Waals surface area contributed by atoms with Gasteiger partial charge in [-0.3, -0.25) is 9.52 Å². The van der Waals surface area contributed by atoms with Crippen molar-refractivity contribution in [1.29, 1.82) is 0 Å². The molecule has 11 heteroatoms. The number of nitrogen functional groups attached to an aromatic ring is 1. The summed E-state index contributed by atoms with van der Waals surface area (Å²) in [6, 6.07) is 11.8. The number of rotatable bonds is 7. The molecule has 0 atom stereocenters. The van der Waals surface area contributed by atoms with Crippen LogP contribution in [0, 0.1) is 11.6 Å². The second kappa shape index (κ2) is 9.25. The van der Waals surface area contributed by atoms with E-state index in [-0.39, 0.29) is 11.3 Å². The number of nitrogens with two attached hydrogens (primary N) is 1. The highest BCUT2D eigenvalue weighted by molar-refractivity contribution is 7.92. The van der Waals surface area contributed by atoms with Gasteiger partial charge >= 0.3 is 0 Å². The van der Waals surface area contributed by atoms with Gasteiger partial charge in [0.2, 0.25) is 10.0 Å². The number of ketones is 1. The number of pyridine rings is 2. The molecule has 0 aliphatic rings. The molecule has 3 aromatic heterocycles. The Kier molecular flexibility index (Phi) is 6.08. The second-order valence-corrected chi connectivity index (χ2v) is 10.4. The summed E-state index contributed by atoms with van der Waals surface area (Å²) < 4.78 is 56.1. The second-order valence-electron chi connectivity index (χ2n) is 8.51. The normalized spacial score (nSPS) is 11.8. The monoisotopic (exact) mass is 521 g/mol. The largest absolute Gasteiger partial charge is 0.384 e. The molecule has 0 bridgehead atoms. The molecule has 2 aromatic carbocycles. The van der Waals surface area contributed by atoms with E-state index in [2.05, 4.69) is 19.7 Å². The molecule has 0 spiro atoms. The van der Waals surface area contributed by atoms with Crippen molar-refractivity contribution in [3.05, 3.63) is 83.7 Å². The summed E-state index contributed by atoms with van der Waals surface area (Å²) in [4.78, 5) is 25.0. The SMILES string of the molecule is CCCS(=O)(=O)Nc1ccc(F)c(C(=O)c2ccc3[nH]c4ncc(-c5ccc(N)nc5)cc4c3c2)c1F. The quantitative estimate of drug-likeness (QED) is 0.258. The molecule has 0 aliphatic heterocycles. The molecule has 0 amide bonds. The fraction of sp³-hybridized carbons (Fsp3) is 0.115. The molecule has 5 aromatic rings. The van der Waals surface area contributed by atoms with E-state index in [1.807, 2.05) is 12.1 Å². The Morgan fingerprint density at radius 1 is 1.00 bits per heavy atom. The maximum Gasteiger partial charge on any atom is 0.232 e. The van der Waals surface area contributed by atoms with Crippen molar-refractivity contribution in [2.24, 2.45) is 0 Å². The van der Waals surface area contributed by atoms with Crippen molar-refractivity contribution >= 4 is 49.2 Å². The number of anilines is 2. The van der Waals surface area contributed by atoms with Gasteiger partial charge in [0, 0.05) is 45.4 Å². The van der Waals surface area contributed by atoms with Crippen LogP contribution in [0.5, 0.6) is 0 Å². The van der Waals surface area contributed by atoms with E-state index in [0.29, 0.717) is 34.2 Å². The van der Waals surface area contributed by atoms with E-state index in [9.17, 15) is 17.6 Å². The number of hydrogen-bond acceptors (Lipinski definition) is 6. The average molecular weight is 522 g/mol. The number of H-pyrrole nitrogens is 1. The van der Waals surface area contributed by atoms with Crippen LogP contribution in [0.4, 0.5) is 20.3 Å². The van der Waals surface area contributed by atoms with Crippen LogP contribution in [0.15, 0.2) is 60.9 Å². The first-order chi connectivity index (χ1) is 17.7. The first kappa shape index (κ1) is 24.3. The van der Waals surface area contributed by atoms with Crippen LogP contribution >= 0.6 is 0 Å². The number of nitrogens with zero attached hydrogens (tertiary/aromatic N) is 2. The van der Waals surface area contributed by atoms with Gasteiger partial charge in [-0.25, -0.2) is 27.2 Å². The maximum atomic E-state index is 15.2. The minimum atomic E-state index is -3.85. The van der Waals surface area contributed by atoms with Crippen LogP contribution in [-0.2, 0) is 10.0 Å². The molecule has 3 heterocycles. The van der Waals surface area contributed by atoms with Gasteiger partial charge in [-0.1, -0.05) is 6.92 Å². The zero-order valence-electron chi connectivity index (χ0n) is 19.5. The molecular weight excluding hydrogens is 500 g/mol. The van der Waals surface area contributed by atoms with Gasteiger partial charge in [0.15, 0.2) is 11.6 Å². The summed E-state index contributed by atoms with van der Waals surface area (Å²) in [7, 11) is -3.85. The minimum Gasteiger partial charge on any atom is -0.384 e. The van der Waals surface area contributed by atoms with Crippen LogP contribution in [0.3, 0.4) is 0 Å². The Morgan fingerprint density at radius 2 is 1.78 bits per heavy atom. The van der Waals surface area contributed by atoms with Gasteiger partial charge in [0.25, 0.3) is 0 Å². The molecule has 0 saturated carbocycles. The summed E-state index contributed by atoms with van der Waals surface area (Å²) in [5.41, 5.74) is 7.16. The average Bonchev–Trinajstić information content (AvgIpc) is 3.23. The van der Waals surface area contributed by atoms with E-state index >= 15 is 4.39 Å². The lowest BCUT2D eigenvalue weighted by Gasteiger charge is -2.11. The zero-order valence-corrected chi connectivity index (χ0v) is 20.4. The third kappa shape index (κ3) is 4.60. The molecule has 0 unspecified atom stereocenters. The Hall–Kier alpha value is -4.38. The first-order valence-corrected chi connectivity index (χ1v) is 13.0. The van der Waals surface area contributed by atoms with Crippen LogP contribution in [-0.4, -0.2) is 34.9 Å². The smallest absolute Gasteiger partial charge is 0.232 e. The summed E-state index contributed by atoms with van der Waals surface area (Å²) in [6.45, 7) is 1.65. The van der Waals surface area contributed by atoms with Crippen LogP contribution in [0.2, 0.25) is 0 Å². The number of aromatic amines is 1. The van der Waals surface area contributed by atoms with E-state index < -0.39 is 38.7 Å². The number of benzene rings is 2. The summed E-state index contributed by atoms with van der Waals surface area (Å²) in [5, 5.41) is 1.32. The Bertz CT molecular complexity index is 1780. The lowest BCUT2D eigenvalue weighted by molar-refractivity contribution is 0.103. The number of carbonyl (C=O) groups is 1. The van der Waals surface area contributed by atoms with Gasteiger partial charge in [-0.05, 0) is 55.0 Å². The molecule has 0 radical (unpaired) electrons. The van der Waals surface area contributed by atoms with Crippen LogP contribution in [0.25, 0.3) is 33.1 Å². The van der Waals surface area contributed by atoms with Crippen molar-refractivity contribution in [2.45, 2.75) is 13.3 Å². The predicted octanol–water partition coefficient (Wildman–Crippen LogP) is 5.02. The van der Waals surface area contributed by atoms with Crippen LogP contribution < -0.4 is 10.5 Å². The van der Waals surface area contributed by atoms with Crippen LogP contribution in [0.1, 0.15) is 29.3 Å². The molecule has 4 N–H and O–H groups in total. The molecule has 0 fully saturated rings. The van der Waals surface area contributed by atoms with E-state index in [1.165, 1.54) is 12.1 Å². The number of fused-ring (bicyclic) bond motifs is 3. The number of carbonyl (C=O) groups excluding carboxylic acids is 1. The van der Waals surface area contributed by atoms with Gasteiger partial charge in [-0.2, -0.15) is 0 Å². The van der Waals surface area contributed by atoms with Crippen molar-refractivity contribution in [1.82, 2.24) is 15.0 Å². The van der Waals surface area contributed by atoms with E-state index in [1.54, 1.807) is 31.5 Å². The third-order valence-electron chi connectivity index (χ3n) is 5.89. The molecule has 0 saturated heterocycles. The van der Waals surface area contributed by atoms with Crippen molar-refractivity contribution in [3.8, 4) is 11.1 Å². The summed E-state index contributed by atoms with van der Waals surface area (Å²) >= 11 is 0. The maximum absolute atomic E-state index is 15.2. The summed E-state index contributed by atoms with van der Waals surface area (Å²) in [6.07, 6.45) is 3.60. The molecule has 8 nitrogen and oxygen atoms in total. The topological polar surface area (TPSA) is 131 Å². The Morgan fingerprint density at radius 3 is 2.51 bits per heavy atom. The zero-order chi connectivity index (χ0) is 26.3. The van der Waals surface area contributed by atoms with Gasteiger partial charge < -0.3 is 10.7 Å². The molecule has 188 valence electrons. The van der Waals surface area contributed by atoms with Crippen molar-refractivity contribution in [2.75, 3.05) is 16.2 Å². The Labute approximate surface area is 210 Å². The highest BCUT2D eigenvalue weighted by Crippen LogP contribution is 2.31. The number of sulfonamides is 1. The number of aromatic nitrogens is 3. The van der Waals surface area contributed by atoms with E-state index in [4.69, 9.17) is 5.73 Å². The lowest BCUT2D eigenvalue weighted by Crippen LogP contribution is -2.18. The fourth-order valence-electron chi connectivity index (χ4n) is 4.12. The highest BCUT2D eigenvalue weighted by atomic mass is 32.2. The fourth-order valence-corrected chi connectivity index (χ4v) is 5.25.